The van der Waals surface area contributed by atoms with Gasteiger partial charge >= 0.3 is 5.97 Å². The van der Waals surface area contributed by atoms with Crippen molar-refractivity contribution < 1.29 is 24.2 Å². The molecular weight excluding hydrogens is 336 g/mol. The van der Waals surface area contributed by atoms with Gasteiger partial charge in [0.25, 0.3) is 0 Å². The Hall–Kier alpha value is -2.57. The topological polar surface area (TPSA) is 95.9 Å². The average Bonchev–Trinajstić information content (AvgIpc) is 3.00. The van der Waals surface area contributed by atoms with E-state index in [1.807, 2.05) is 31.2 Å². The van der Waals surface area contributed by atoms with Gasteiger partial charge in [-0.1, -0.05) is 18.6 Å². The maximum Gasteiger partial charge on any atom is 0.303 e. The highest BCUT2D eigenvalue weighted by Gasteiger charge is 2.36. The molecule has 0 aromatic heterocycles. The molecule has 1 fully saturated rings. The van der Waals surface area contributed by atoms with Crippen molar-refractivity contribution in [2.45, 2.75) is 39.0 Å². The average molecular weight is 362 g/mol. The number of carboxylic acid groups (broad SMARTS) is 1. The molecule has 1 heterocycles. The molecule has 1 unspecified atom stereocenters. The smallest absolute Gasteiger partial charge is 0.303 e. The van der Waals surface area contributed by atoms with E-state index in [-0.39, 0.29) is 30.6 Å². The van der Waals surface area contributed by atoms with Crippen molar-refractivity contribution in [1.29, 1.82) is 0 Å². The first-order valence-corrected chi connectivity index (χ1v) is 9.04. The van der Waals surface area contributed by atoms with Crippen LogP contribution in [0.4, 0.5) is 5.69 Å². The van der Waals surface area contributed by atoms with Crippen LogP contribution in [0.3, 0.4) is 0 Å². The van der Waals surface area contributed by atoms with Crippen molar-refractivity contribution in [1.82, 2.24) is 5.32 Å². The summed E-state index contributed by atoms with van der Waals surface area (Å²) in [5.41, 5.74) is 0.698. The molecule has 2 amide bonds. The zero-order valence-electron chi connectivity index (χ0n) is 15.1. The zero-order valence-corrected chi connectivity index (χ0v) is 15.1. The normalized spacial score (nSPS) is 16.6. The minimum atomic E-state index is -0.800. The molecule has 0 radical (unpaired) electrons. The number of nitrogens with one attached hydrogen (secondary N) is 1. The molecule has 1 aliphatic heterocycles. The summed E-state index contributed by atoms with van der Waals surface area (Å²) in [5.74, 6) is -0.753. The number of carbonyl (C=O) groups is 3. The SMILES string of the molecule is CCOc1ccccc1N1CC(C(=O)NCCCCCC(=O)O)CC1=O. The van der Waals surface area contributed by atoms with Crippen LogP contribution >= 0.6 is 0 Å². The zero-order chi connectivity index (χ0) is 18.9. The van der Waals surface area contributed by atoms with Gasteiger partial charge in [-0.15, -0.1) is 0 Å². The molecule has 0 aliphatic carbocycles. The highest BCUT2D eigenvalue weighted by Crippen LogP contribution is 2.33. The van der Waals surface area contributed by atoms with Crippen LogP contribution in [0.2, 0.25) is 0 Å². The van der Waals surface area contributed by atoms with Crippen LogP contribution in [-0.4, -0.2) is 42.6 Å². The molecule has 142 valence electrons. The first-order valence-electron chi connectivity index (χ1n) is 9.04. The van der Waals surface area contributed by atoms with Crippen LogP contribution in [-0.2, 0) is 14.4 Å². The van der Waals surface area contributed by atoms with Crippen molar-refractivity contribution in [3.63, 3.8) is 0 Å². The number of anilines is 1. The second-order valence-corrected chi connectivity index (χ2v) is 6.30. The summed E-state index contributed by atoms with van der Waals surface area (Å²) in [5, 5.41) is 11.4. The molecule has 1 aliphatic rings. The van der Waals surface area contributed by atoms with Crippen LogP contribution < -0.4 is 15.0 Å². The molecule has 1 aromatic carbocycles. The van der Waals surface area contributed by atoms with Crippen molar-refractivity contribution in [2.24, 2.45) is 5.92 Å². The van der Waals surface area contributed by atoms with Crippen LogP contribution in [0, 0.1) is 5.92 Å². The molecule has 7 nitrogen and oxygen atoms in total. The van der Waals surface area contributed by atoms with Crippen LogP contribution in [0.1, 0.15) is 39.0 Å². The summed E-state index contributed by atoms with van der Waals surface area (Å²) in [4.78, 5) is 36.7. The maximum absolute atomic E-state index is 12.4. The number of para-hydroxylation sites is 2. The van der Waals surface area contributed by atoms with Crippen molar-refractivity contribution in [3.05, 3.63) is 24.3 Å². The van der Waals surface area contributed by atoms with E-state index in [9.17, 15) is 14.4 Å². The van der Waals surface area contributed by atoms with Gasteiger partial charge in [-0.2, -0.15) is 0 Å². The van der Waals surface area contributed by atoms with Crippen LogP contribution in [0.25, 0.3) is 0 Å². The minimum Gasteiger partial charge on any atom is -0.492 e. The van der Waals surface area contributed by atoms with Gasteiger partial charge in [0.1, 0.15) is 5.75 Å². The van der Waals surface area contributed by atoms with Gasteiger partial charge in [-0.05, 0) is 31.9 Å². The Labute approximate surface area is 153 Å². The number of carbonyl (C=O) groups excluding carboxylic acids is 2. The molecule has 1 aromatic rings. The van der Waals surface area contributed by atoms with E-state index >= 15 is 0 Å². The highest BCUT2D eigenvalue weighted by molar-refractivity contribution is 6.01. The molecule has 0 saturated carbocycles. The van der Waals surface area contributed by atoms with Crippen molar-refractivity contribution in [2.75, 3.05) is 24.6 Å². The molecule has 7 heteroatoms. The first-order chi connectivity index (χ1) is 12.5. The summed E-state index contributed by atoms with van der Waals surface area (Å²) in [6.07, 6.45) is 2.43. The van der Waals surface area contributed by atoms with E-state index < -0.39 is 5.97 Å². The number of ether oxygens (including phenoxy) is 1. The lowest BCUT2D eigenvalue weighted by molar-refractivity contribution is -0.137. The third-order valence-corrected chi connectivity index (χ3v) is 4.32. The molecule has 1 atom stereocenters. The van der Waals surface area contributed by atoms with Gasteiger partial charge in [0, 0.05) is 25.9 Å². The summed E-state index contributed by atoms with van der Waals surface area (Å²) in [7, 11) is 0. The molecule has 1 saturated heterocycles. The Kier molecular flexibility index (Phi) is 7.44. The number of benzene rings is 1. The summed E-state index contributed by atoms with van der Waals surface area (Å²) >= 11 is 0. The van der Waals surface area contributed by atoms with E-state index in [2.05, 4.69) is 5.32 Å². The number of aliphatic carboxylic acids is 1. The Balaban J connectivity index is 1.83. The molecule has 2 rings (SSSR count). The standard InChI is InChI=1S/C19H26N2O5/c1-2-26-16-9-6-5-8-15(16)21-13-14(12-17(21)22)19(25)20-11-7-3-4-10-18(23)24/h5-6,8-9,14H,2-4,7,10-13H2,1H3,(H,20,25)(H,23,24). The van der Waals surface area contributed by atoms with E-state index in [0.29, 0.717) is 37.6 Å². The van der Waals surface area contributed by atoms with E-state index in [1.165, 1.54) is 0 Å². The molecule has 26 heavy (non-hydrogen) atoms. The van der Waals surface area contributed by atoms with Gasteiger partial charge in [0.15, 0.2) is 0 Å². The minimum absolute atomic E-state index is 0.0845. The van der Waals surface area contributed by atoms with Crippen molar-refractivity contribution in [3.8, 4) is 5.75 Å². The maximum atomic E-state index is 12.4. The second-order valence-electron chi connectivity index (χ2n) is 6.30. The van der Waals surface area contributed by atoms with Gasteiger partial charge in [0.05, 0.1) is 18.2 Å². The Morgan fingerprint density at radius 3 is 2.77 bits per heavy atom. The van der Waals surface area contributed by atoms with Gasteiger partial charge in [-0.25, -0.2) is 0 Å². The van der Waals surface area contributed by atoms with Crippen LogP contribution in [0.15, 0.2) is 24.3 Å². The monoisotopic (exact) mass is 362 g/mol. The number of amides is 2. The number of rotatable bonds is 10. The quantitative estimate of drug-likeness (QED) is 0.622. The molecule has 0 spiro atoms. The third kappa shape index (κ3) is 5.47. The van der Waals surface area contributed by atoms with Gasteiger partial charge < -0.3 is 20.1 Å². The molecular formula is C19H26N2O5. The summed E-state index contributed by atoms with van der Waals surface area (Å²) < 4.78 is 5.58. The first kappa shape index (κ1) is 19.8. The second kappa shape index (κ2) is 9.79. The van der Waals surface area contributed by atoms with Crippen molar-refractivity contribution >= 4 is 23.5 Å². The van der Waals surface area contributed by atoms with E-state index in [0.717, 1.165) is 12.8 Å². The fraction of sp³-hybridized carbons (Fsp3) is 0.526. The lowest BCUT2D eigenvalue weighted by Gasteiger charge is -2.20. The van der Waals surface area contributed by atoms with Crippen LogP contribution in [0.5, 0.6) is 5.75 Å². The Morgan fingerprint density at radius 2 is 2.04 bits per heavy atom. The largest absolute Gasteiger partial charge is 0.492 e. The van der Waals surface area contributed by atoms with E-state index in [4.69, 9.17) is 9.84 Å². The van der Waals surface area contributed by atoms with E-state index in [1.54, 1.807) is 4.90 Å². The highest BCUT2D eigenvalue weighted by atomic mass is 16.5. The number of hydrogen-bond acceptors (Lipinski definition) is 4. The lowest BCUT2D eigenvalue weighted by atomic mass is 10.1. The lowest BCUT2D eigenvalue weighted by Crippen LogP contribution is -2.33. The number of unbranched alkanes of at least 4 members (excludes halogenated alkanes) is 2. The van der Waals surface area contributed by atoms with Gasteiger partial charge in [-0.3, -0.25) is 14.4 Å². The predicted molar refractivity (Wildman–Crippen MR) is 97.2 cm³/mol. The predicted octanol–water partition coefficient (Wildman–Crippen LogP) is 2.20. The van der Waals surface area contributed by atoms with Gasteiger partial charge in [0.2, 0.25) is 11.8 Å². The molecule has 2 N–H and O–H groups in total. The number of carboxylic acids is 1. The summed E-state index contributed by atoms with van der Waals surface area (Å²) in [6, 6.07) is 7.33. The third-order valence-electron chi connectivity index (χ3n) is 4.32. The fourth-order valence-corrected chi connectivity index (χ4v) is 3.01. The number of hydrogen-bond donors (Lipinski definition) is 2. The fourth-order valence-electron chi connectivity index (χ4n) is 3.01. The number of nitrogens with zero attached hydrogens (tertiary/aromatic N) is 1. The summed E-state index contributed by atoms with van der Waals surface area (Å²) in [6.45, 7) is 3.23. The molecule has 0 bridgehead atoms. The Bertz CT molecular complexity index is 647. The Morgan fingerprint density at radius 1 is 1.27 bits per heavy atom.